The van der Waals surface area contributed by atoms with E-state index in [2.05, 4.69) is 15.3 Å². The van der Waals surface area contributed by atoms with Crippen molar-refractivity contribution < 1.29 is 9.59 Å². The van der Waals surface area contributed by atoms with Gasteiger partial charge in [0.05, 0.1) is 11.4 Å². The smallest absolute Gasteiger partial charge is 0.244 e. The summed E-state index contributed by atoms with van der Waals surface area (Å²) in [6, 6.07) is 9.20. The van der Waals surface area contributed by atoms with Crippen LogP contribution in [0.1, 0.15) is 11.1 Å². The number of anilines is 1. The highest BCUT2D eigenvalue weighted by molar-refractivity contribution is 6.35. The minimum atomic E-state index is -0.197. The van der Waals surface area contributed by atoms with Crippen molar-refractivity contribution in [1.82, 2.24) is 14.9 Å². The highest BCUT2D eigenvalue weighted by atomic mass is 35.5. The maximum atomic E-state index is 12.8. The number of hydrogen-bond donors (Lipinski definition) is 2. The number of aromatic nitrogens is 2. The van der Waals surface area contributed by atoms with E-state index in [1.807, 2.05) is 24.3 Å². The molecule has 2 N–H and O–H groups in total. The Labute approximate surface area is 148 Å². The van der Waals surface area contributed by atoms with E-state index < -0.39 is 0 Å². The largest absolute Gasteiger partial charge is 0.346 e. The van der Waals surface area contributed by atoms with Gasteiger partial charge in [-0.2, -0.15) is 0 Å². The van der Waals surface area contributed by atoms with Gasteiger partial charge in [0.15, 0.2) is 0 Å². The van der Waals surface area contributed by atoms with E-state index in [0.717, 1.165) is 22.2 Å². The number of halogens is 1. The van der Waals surface area contributed by atoms with Gasteiger partial charge >= 0.3 is 0 Å². The van der Waals surface area contributed by atoms with Gasteiger partial charge in [0, 0.05) is 30.0 Å². The maximum Gasteiger partial charge on any atom is 0.244 e. The summed E-state index contributed by atoms with van der Waals surface area (Å²) in [4.78, 5) is 33.7. The summed E-state index contributed by atoms with van der Waals surface area (Å²) in [5.41, 5.74) is 3.09. The summed E-state index contributed by atoms with van der Waals surface area (Å²) in [6.07, 6.45) is 3.51. The van der Waals surface area contributed by atoms with E-state index in [-0.39, 0.29) is 24.8 Å². The summed E-state index contributed by atoms with van der Waals surface area (Å²) in [7, 11) is 0. The molecule has 126 valence electrons. The second-order valence-electron chi connectivity index (χ2n) is 5.96. The van der Waals surface area contributed by atoms with E-state index in [1.54, 1.807) is 23.4 Å². The average Bonchev–Trinajstić information content (AvgIpc) is 2.91. The fourth-order valence-corrected chi connectivity index (χ4v) is 3.34. The molecule has 0 atom stereocenters. The number of aromatic amines is 1. The molecule has 0 spiro atoms. The molecule has 0 aliphatic carbocycles. The van der Waals surface area contributed by atoms with Crippen LogP contribution >= 0.6 is 11.6 Å². The SMILES string of the molecule is O=C1CN(C(=O)Cc2c[nH]c3nccc(Cl)c23)Cc2ccccc2N1. The Balaban J connectivity index is 1.61. The van der Waals surface area contributed by atoms with Gasteiger partial charge in [-0.15, -0.1) is 0 Å². The van der Waals surface area contributed by atoms with Crippen molar-refractivity contribution in [2.45, 2.75) is 13.0 Å². The van der Waals surface area contributed by atoms with E-state index in [4.69, 9.17) is 11.6 Å². The Bertz CT molecular complexity index is 982. The number of nitrogens with zero attached hydrogens (tertiary/aromatic N) is 2. The number of amides is 2. The van der Waals surface area contributed by atoms with Crippen LogP contribution in [0.2, 0.25) is 5.02 Å². The summed E-state index contributed by atoms with van der Waals surface area (Å²) in [6.45, 7) is 0.421. The molecule has 25 heavy (non-hydrogen) atoms. The molecule has 1 aliphatic heterocycles. The fourth-order valence-electron chi connectivity index (χ4n) is 3.08. The van der Waals surface area contributed by atoms with Crippen LogP contribution in [-0.2, 0) is 22.6 Å². The van der Waals surface area contributed by atoms with Gasteiger partial charge in [0.1, 0.15) is 12.2 Å². The lowest BCUT2D eigenvalue weighted by atomic mass is 10.1. The monoisotopic (exact) mass is 354 g/mol. The molecule has 7 heteroatoms. The van der Waals surface area contributed by atoms with Gasteiger partial charge < -0.3 is 15.2 Å². The predicted octanol–water partition coefficient (Wildman–Crippen LogP) is 2.74. The van der Waals surface area contributed by atoms with Crippen LogP contribution in [0.5, 0.6) is 0 Å². The number of nitrogens with one attached hydrogen (secondary N) is 2. The Morgan fingerprint density at radius 3 is 2.96 bits per heavy atom. The van der Waals surface area contributed by atoms with Crippen LogP contribution in [0, 0.1) is 0 Å². The molecular formula is C18H15ClN4O2. The number of rotatable bonds is 2. The molecule has 2 aromatic heterocycles. The Morgan fingerprint density at radius 2 is 2.08 bits per heavy atom. The van der Waals surface area contributed by atoms with Crippen molar-refractivity contribution in [2.75, 3.05) is 11.9 Å². The molecule has 0 bridgehead atoms. The van der Waals surface area contributed by atoms with E-state index in [0.29, 0.717) is 17.2 Å². The lowest BCUT2D eigenvalue weighted by Gasteiger charge is -2.19. The minimum Gasteiger partial charge on any atom is -0.346 e. The topological polar surface area (TPSA) is 78.1 Å². The van der Waals surface area contributed by atoms with Crippen molar-refractivity contribution in [2.24, 2.45) is 0 Å². The molecule has 3 heterocycles. The number of hydrogen-bond acceptors (Lipinski definition) is 3. The molecule has 2 amide bonds. The third-order valence-electron chi connectivity index (χ3n) is 4.29. The summed E-state index contributed by atoms with van der Waals surface area (Å²) >= 11 is 6.24. The number of benzene rings is 1. The first-order chi connectivity index (χ1) is 12.1. The third-order valence-corrected chi connectivity index (χ3v) is 4.60. The van der Waals surface area contributed by atoms with Gasteiger partial charge in [-0.3, -0.25) is 9.59 Å². The van der Waals surface area contributed by atoms with Gasteiger partial charge in [0.2, 0.25) is 11.8 Å². The predicted molar refractivity (Wildman–Crippen MR) is 95.3 cm³/mol. The number of fused-ring (bicyclic) bond motifs is 2. The number of carbonyl (C=O) groups excluding carboxylic acids is 2. The van der Waals surface area contributed by atoms with Crippen molar-refractivity contribution in [3.63, 3.8) is 0 Å². The number of pyridine rings is 1. The first-order valence-corrected chi connectivity index (χ1v) is 8.25. The lowest BCUT2D eigenvalue weighted by molar-refractivity contribution is -0.134. The minimum absolute atomic E-state index is 0.0296. The van der Waals surface area contributed by atoms with Crippen LogP contribution < -0.4 is 5.32 Å². The van der Waals surface area contributed by atoms with Gasteiger partial charge in [-0.05, 0) is 23.3 Å². The lowest BCUT2D eigenvalue weighted by Crippen LogP contribution is -2.36. The molecule has 0 saturated carbocycles. The van der Waals surface area contributed by atoms with Gasteiger partial charge in [-0.1, -0.05) is 29.8 Å². The molecule has 3 aromatic rings. The van der Waals surface area contributed by atoms with E-state index in [9.17, 15) is 9.59 Å². The number of para-hydroxylation sites is 1. The first kappa shape index (κ1) is 15.7. The summed E-state index contributed by atoms with van der Waals surface area (Å²) in [5.74, 6) is -0.329. The molecular weight excluding hydrogens is 340 g/mol. The van der Waals surface area contributed by atoms with Crippen LogP contribution in [0.25, 0.3) is 11.0 Å². The van der Waals surface area contributed by atoms with E-state index >= 15 is 0 Å². The van der Waals surface area contributed by atoms with Gasteiger partial charge in [0.25, 0.3) is 0 Å². The zero-order chi connectivity index (χ0) is 17.4. The Kier molecular flexibility index (Phi) is 3.89. The van der Waals surface area contributed by atoms with Crippen LogP contribution in [0.15, 0.2) is 42.7 Å². The van der Waals surface area contributed by atoms with Gasteiger partial charge in [-0.25, -0.2) is 4.98 Å². The zero-order valence-electron chi connectivity index (χ0n) is 13.3. The Morgan fingerprint density at radius 1 is 1.24 bits per heavy atom. The summed E-state index contributed by atoms with van der Waals surface area (Å²) < 4.78 is 0. The molecule has 1 aliphatic rings. The maximum absolute atomic E-state index is 12.8. The zero-order valence-corrected chi connectivity index (χ0v) is 14.0. The molecule has 0 unspecified atom stereocenters. The molecule has 1 aromatic carbocycles. The third kappa shape index (κ3) is 2.96. The average molecular weight is 355 g/mol. The molecule has 0 fully saturated rings. The normalized spacial score (nSPS) is 14.1. The van der Waals surface area contributed by atoms with Crippen molar-refractivity contribution >= 4 is 40.1 Å². The number of carbonyl (C=O) groups is 2. The van der Waals surface area contributed by atoms with Crippen molar-refractivity contribution in [3.8, 4) is 0 Å². The van der Waals surface area contributed by atoms with Crippen LogP contribution in [0.4, 0.5) is 5.69 Å². The van der Waals surface area contributed by atoms with Crippen LogP contribution in [-0.4, -0.2) is 33.2 Å². The molecule has 4 rings (SSSR count). The fraction of sp³-hybridized carbons (Fsp3) is 0.167. The highest BCUT2D eigenvalue weighted by Crippen LogP contribution is 2.26. The molecule has 0 saturated heterocycles. The second kappa shape index (κ2) is 6.22. The van der Waals surface area contributed by atoms with Crippen molar-refractivity contribution in [1.29, 1.82) is 0 Å². The Hall–Kier alpha value is -2.86. The molecule has 6 nitrogen and oxygen atoms in total. The quantitative estimate of drug-likeness (QED) is 0.742. The summed E-state index contributed by atoms with van der Waals surface area (Å²) in [5, 5.41) is 4.13. The van der Waals surface area contributed by atoms with E-state index in [1.165, 1.54) is 0 Å². The molecule has 0 radical (unpaired) electrons. The first-order valence-electron chi connectivity index (χ1n) is 7.88. The van der Waals surface area contributed by atoms with Crippen LogP contribution in [0.3, 0.4) is 0 Å². The second-order valence-corrected chi connectivity index (χ2v) is 6.37. The standard InChI is InChI=1S/C18H15ClN4O2/c19-13-5-6-20-18-17(13)12(8-21-18)7-16(25)23-9-11-3-1-2-4-14(11)22-15(24)10-23/h1-6,8H,7,9-10H2,(H,20,21)(H,22,24). The number of H-pyrrole nitrogens is 1. The van der Waals surface area contributed by atoms with Crippen molar-refractivity contribution in [3.05, 3.63) is 58.9 Å². The highest BCUT2D eigenvalue weighted by Gasteiger charge is 2.24.